The number of fused-ring (bicyclic) bond motifs is 2. The van der Waals surface area contributed by atoms with Gasteiger partial charge in [0.15, 0.2) is 0 Å². The van der Waals surface area contributed by atoms with E-state index >= 15 is 0 Å². The molecule has 0 spiro atoms. The van der Waals surface area contributed by atoms with E-state index in [0.717, 1.165) is 18.0 Å². The van der Waals surface area contributed by atoms with Gasteiger partial charge in [0.1, 0.15) is 0 Å². The van der Waals surface area contributed by atoms with Gasteiger partial charge in [-0.15, -0.1) is 0 Å². The molecule has 0 aliphatic carbocycles. The summed E-state index contributed by atoms with van der Waals surface area (Å²) in [5, 5.41) is 3.65. The second kappa shape index (κ2) is 3.35. The Bertz CT molecular complexity index is 144. The van der Waals surface area contributed by atoms with E-state index < -0.39 is 0 Å². The number of likely N-dealkylation sites (tertiary alicyclic amines) is 1. The summed E-state index contributed by atoms with van der Waals surface area (Å²) >= 11 is 0. The van der Waals surface area contributed by atoms with E-state index in [1.54, 1.807) is 0 Å². The van der Waals surface area contributed by atoms with Crippen LogP contribution in [0.1, 0.15) is 26.7 Å². The first-order chi connectivity index (χ1) is 5.74. The zero-order chi connectivity index (χ0) is 8.55. The van der Waals surface area contributed by atoms with Crippen LogP contribution in [-0.2, 0) is 0 Å². The van der Waals surface area contributed by atoms with Crippen LogP contribution in [0.25, 0.3) is 0 Å². The normalized spacial score (nSPS) is 36.2. The molecule has 1 N–H and O–H groups in total. The van der Waals surface area contributed by atoms with Crippen LogP contribution in [0.15, 0.2) is 0 Å². The molecule has 70 valence electrons. The summed E-state index contributed by atoms with van der Waals surface area (Å²) in [5.41, 5.74) is 0. The van der Waals surface area contributed by atoms with Crippen molar-refractivity contribution < 1.29 is 0 Å². The Hall–Kier alpha value is -0.0800. The third-order valence-corrected chi connectivity index (χ3v) is 2.92. The minimum absolute atomic E-state index is 0.808. The number of piperazine rings is 1. The molecule has 2 atom stereocenters. The van der Waals surface area contributed by atoms with Crippen LogP contribution in [0, 0.1) is 5.92 Å². The van der Waals surface area contributed by atoms with Crippen LogP contribution < -0.4 is 5.32 Å². The first kappa shape index (κ1) is 8.52. The largest absolute Gasteiger partial charge is 0.309 e. The van der Waals surface area contributed by atoms with Crippen molar-refractivity contribution in [2.45, 2.75) is 38.8 Å². The Morgan fingerprint density at radius 3 is 2.33 bits per heavy atom. The lowest BCUT2D eigenvalue weighted by Gasteiger charge is -2.33. The highest BCUT2D eigenvalue weighted by Crippen LogP contribution is 2.20. The molecule has 2 nitrogen and oxygen atoms in total. The molecule has 2 saturated heterocycles. The molecule has 12 heavy (non-hydrogen) atoms. The smallest absolute Gasteiger partial charge is 0.0198 e. The molecule has 2 heterocycles. The minimum atomic E-state index is 0.808. The van der Waals surface area contributed by atoms with E-state index in [9.17, 15) is 0 Å². The second-order valence-corrected chi connectivity index (χ2v) is 4.75. The molecule has 2 fully saturated rings. The first-order valence-electron chi connectivity index (χ1n) is 5.22. The Kier molecular flexibility index (Phi) is 2.37. The van der Waals surface area contributed by atoms with Crippen molar-refractivity contribution in [1.82, 2.24) is 10.2 Å². The van der Waals surface area contributed by atoms with Gasteiger partial charge >= 0.3 is 0 Å². The van der Waals surface area contributed by atoms with E-state index in [2.05, 4.69) is 24.1 Å². The topological polar surface area (TPSA) is 15.3 Å². The lowest BCUT2D eigenvalue weighted by molar-refractivity contribution is 0.178. The maximum Gasteiger partial charge on any atom is 0.0198 e. The van der Waals surface area contributed by atoms with E-state index in [0.29, 0.717) is 0 Å². The molecular weight excluding hydrogens is 148 g/mol. The van der Waals surface area contributed by atoms with Gasteiger partial charge in [0.2, 0.25) is 0 Å². The summed E-state index contributed by atoms with van der Waals surface area (Å²) in [5.74, 6) is 0.822. The van der Waals surface area contributed by atoms with Crippen molar-refractivity contribution in [3.8, 4) is 0 Å². The van der Waals surface area contributed by atoms with Crippen LogP contribution in [0.3, 0.4) is 0 Å². The van der Waals surface area contributed by atoms with Crippen molar-refractivity contribution in [2.75, 3.05) is 19.6 Å². The predicted molar refractivity (Wildman–Crippen MR) is 51.2 cm³/mol. The van der Waals surface area contributed by atoms with Gasteiger partial charge < -0.3 is 5.32 Å². The van der Waals surface area contributed by atoms with Gasteiger partial charge in [-0.25, -0.2) is 0 Å². The third-order valence-electron chi connectivity index (χ3n) is 2.92. The maximum atomic E-state index is 3.65. The predicted octanol–water partition coefficient (Wildman–Crippen LogP) is 1.08. The highest BCUT2D eigenvalue weighted by molar-refractivity contribution is 4.92. The second-order valence-electron chi connectivity index (χ2n) is 4.75. The average Bonchev–Trinajstić information content (AvgIpc) is 2.29. The molecule has 2 bridgehead atoms. The monoisotopic (exact) mass is 168 g/mol. The molecule has 0 aromatic carbocycles. The quantitative estimate of drug-likeness (QED) is 0.663. The highest BCUT2D eigenvalue weighted by Gasteiger charge is 2.31. The van der Waals surface area contributed by atoms with Crippen LogP contribution in [0.2, 0.25) is 0 Å². The van der Waals surface area contributed by atoms with Crippen molar-refractivity contribution in [2.24, 2.45) is 5.92 Å². The van der Waals surface area contributed by atoms with Crippen molar-refractivity contribution >= 4 is 0 Å². The average molecular weight is 168 g/mol. The first-order valence-corrected chi connectivity index (χ1v) is 5.22. The molecule has 0 radical (unpaired) electrons. The fourth-order valence-corrected chi connectivity index (χ4v) is 2.55. The van der Waals surface area contributed by atoms with Gasteiger partial charge in [0.05, 0.1) is 0 Å². The Morgan fingerprint density at radius 1 is 1.25 bits per heavy atom. The molecule has 2 aliphatic rings. The van der Waals surface area contributed by atoms with Gasteiger partial charge in [0, 0.05) is 31.7 Å². The number of nitrogens with one attached hydrogen (secondary N) is 1. The SMILES string of the molecule is CC(C)CN1CC2CCC(C1)N2. The zero-order valence-electron chi connectivity index (χ0n) is 8.21. The molecule has 0 aromatic rings. The third kappa shape index (κ3) is 1.80. The van der Waals surface area contributed by atoms with E-state index in [-0.39, 0.29) is 0 Å². The highest BCUT2D eigenvalue weighted by atomic mass is 15.2. The van der Waals surface area contributed by atoms with E-state index in [1.165, 1.54) is 32.5 Å². The van der Waals surface area contributed by atoms with Crippen LogP contribution >= 0.6 is 0 Å². The molecule has 2 rings (SSSR count). The summed E-state index contributed by atoms with van der Waals surface area (Å²) in [6.45, 7) is 8.48. The summed E-state index contributed by atoms with van der Waals surface area (Å²) in [6, 6.07) is 1.62. The summed E-state index contributed by atoms with van der Waals surface area (Å²) in [6.07, 6.45) is 2.80. The molecule has 0 amide bonds. The summed E-state index contributed by atoms with van der Waals surface area (Å²) in [4.78, 5) is 2.63. The Labute approximate surface area is 75.3 Å². The number of nitrogens with zero attached hydrogens (tertiary/aromatic N) is 1. The van der Waals surface area contributed by atoms with Gasteiger partial charge in [0.25, 0.3) is 0 Å². The zero-order valence-corrected chi connectivity index (χ0v) is 8.21. The molecule has 2 heteroatoms. The Balaban J connectivity index is 1.85. The lowest BCUT2D eigenvalue weighted by atomic mass is 10.1. The fourth-order valence-electron chi connectivity index (χ4n) is 2.55. The Morgan fingerprint density at radius 2 is 1.83 bits per heavy atom. The van der Waals surface area contributed by atoms with Crippen LogP contribution in [-0.4, -0.2) is 36.6 Å². The number of hydrogen-bond donors (Lipinski definition) is 1. The standard InChI is InChI=1S/C10H20N2/c1-8(2)5-12-6-9-3-4-10(7-12)11-9/h8-11H,3-7H2,1-2H3. The van der Waals surface area contributed by atoms with E-state index in [4.69, 9.17) is 0 Å². The fraction of sp³-hybridized carbons (Fsp3) is 1.00. The van der Waals surface area contributed by atoms with Crippen molar-refractivity contribution in [3.63, 3.8) is 0 Å². The van der Waals surface area contributed by atoms with E-state index in [1.807, 2.05) is 0 Å². The molecule has 2 unspecified atom stereocenters. The lowest BCUT2D eigenvalue weighted by Crippen LogP contribution is -2.51. The van der Waals surface area contributed by atoms with Gasteiger partial charge in [-0.2, -0.15) is 0 Å². The van der Waals surface area contributed by atoms with Crippen LogP contribution in [0.4, 0.5) is 0 Å². The maximum absolute atomic E-state index is 3.65. The van der Waals surface area contributed by atoms with Crippen molar-refractivity contribution in [3.05, 3.63) is 0 Å². The summed E-state index contributed by atoms with van der Waals surface area (Å²) < 4.78 is 0. The number of rotatable bonds is 2. The molecule has 2 aliphatic heterocycles. The summed E-state index contributed by atoms with van der Waals surface area (Å²) in [7, 11) is 0. The molecular formula is C10H20N2. The minimum Gasteiger partial charge on any atom is -0.309 e. The number of hydrogen-bond acceptors (Lipinski definition) is 2. The van der Waals surface area contributed by atoms with Crippen LogP contribution in [0.5, 0.6) is 0 Å². The van der Waals surface area contributed by atoms with Gasteiger partial charge in [-0.05, 0) is 18.8 Å². The molecule has 0 saturated carbocycles. The molecule has 0 aromatic heterocycles. The van der Waals surface area contributed by atoms with Gasteiger partial charge in [-0.1, -0.05) is 13.8 Å². The van der Waals surface area contributed by atoms with Gasteiger partial charge in [-0.3, -0.25) is 4.90 Å². The van der Waals surface area contributed by atoms with Crippen molar-refractivity contribution in [1.29, 1.82) is 0 Å².